The van der Waals surface area contributed by atoms with Gasteiger partial charge in [0.1, 0.15) is 6.04 Å². The van der Waals surface area contributed by atoms with Crippen molar-refractivity contribution in [2.45, 2.75) is 51.5 Å². The van der Waals surface area contributed by atoms with Crippen LogP contribution in [0, 0.1) is 5.92 Å². The summed E-state index contributed by atoms with van der Waals surface area (Å²) in [4.78, 5) is 33.9. The average Bonchev–Trinajstić information content (AvgIpc) is 2.89. The van der Waals surface area contributed by atoms with E-state index in [1.54, 1.807) is 6.92 Å². The van der Waals surface area contributed by atoms with Gasteiger partial charge < -0.3 is 15.7 Å². The summed E-state index contributed by atoms with van der Waals surface area (Å²) in [7, 11) is 0. The van der Waals surface area contributed by atoms with E-state index < -0.39 is 12.0 Å². The van der Waals surface area contributed by atoms with Crippen LogP contribution in [0.4, 0.5) is 0 Å². The SMILES string of the molecule is CCC(NC(=O)CCNC(=O)C1CCCC1)C(=O)O. The number of nitrogens with one attached hydrogen (secondary N) is 2. The molecule has 1 fully saturated rings. The first-order valence-electron chi connectivity index (χ1n) is 6.84. The van der Waals surface area contributed by atoms with Crippen LogP contribution in [-0.4, -0.2) is 35.5 Å². The molecule has 2 amide bonds. The molecule has 0 aromatic carbocycles. The molecule has 1 aliphatic rings. The Morgan fingerprint density at radius 2 is 1.89 bits per heavy atom. The van der Waals surface area contributed by atoms with Gasteiger partial charge in [-0.05, 0) is 19.3 Å². The first-order chi connectivity index (χ1) is 9.04. The van der Waals surface area contributed by atoms with Crippen molar-refractivity contribution in [1.29, 1.82) is 0 Å². The van der Waals surface area contributed by atoms with Crippen molar-refractivity contribution in [3.05, 3.63) is 0 Å². The summed E-state index contributed by atoms with van der Waals surface area (Å²) in [5.41, 5.74) is 0. The first kappa shape index (κ1) is 15.5. The third-order valence-corrected chi connectivity index (χ3v) is 3.42. The lowest BCUT2D eigenvalue weighted by Crippen LogP contribution is -2.41. The molecule has 1 rings (SSSR count). The van der Waals surface area contributed by atoms with E-state index in [4.69, 9.17) is 5.11 Å². The normalized spacial score (nSPS) is 16.9. The molecular weight excluding hydrogens is 248 g/mol. The molecule has 3 N–H and O–H groups in total. The zero-order valence-corrected chi connectivity index (χ0v) is 11.3. The number of rotatable bonds is 7. The minimum Gasteiger partial charge on any atom is -0.480 e. The van der Waals surface area contributed by atoms with Gasteiger partial charge in [-0.1, -0.05) is 19.8 Å². The summed E-state index contributed by atoms with van der Waals surface area (Å²) in [6.45, 7) is 1.96. The maximum atomic E-state index is 11.7. The zero-order valence-electron chi connectivity index (χ0n) is 11.3. The molecule has 6 heteroatoms. The number of carbonyl (C=O) groups is 3. The van der Waals surface area contributed by atoms with Crippen molar-refractivity contribution in [3.8, 4) is 0 Å². The van der Waals surface area contributed by atoms with Crippen LogP contribution in [0.1, 0.15) is 45.4 Å². The number of aliphatic carboxylic acids is 1. The van der Waals surface area contributed by atoms with Crippen LogP contribution in [0.2, 0.25) is 0 Å². The zero-order chi connectivity index (χ0) is 14.3. The van der Waals surface area contributed by atoms with Crippen molar-refractivity contribution in [1.82, 2.24) is 10.6 Å². The molecule has 1 atom stereocenters. The molecule has 1 aliphatic carbocycles. The molecule has 0 spiro atoms. The molecule has 0 heterocycles. The van der Waals surface area contributed by atoms with E-state index in [0.29, 0.717) is 6.42 Å². The molecule has 108 valence electrons. The molecule has 1 saturated carbocycles. The number of hydrogen-bond acceptors (Lipinski definition) is 3. The maximum Gasteiger partial charge on any atom is 0.326 e. The van der Waals surface area contributed by atoms with Gasteiger partial charge in [0.15, 0.2) is 0 Å². The summed E-state index contributed by atoms with van der Waals surface area (Å²) in [5.74, 6) is -1.28. The quantitative estimate of drug-likeness (QED) is 0.633. The van der Waals surface area contributed by atoms with Crippen LogP contribution in [0.25, 0.3) is 0 Å². The second-order valence-corrected chi connectivity index (χ2v) is 4.89. The molecule has 0 aliphatic heterocycles. The lowest BCUT2D eigenvalue weighted by molar-refractivity contribution is -0.142. The summed E-state index contributed by atoms with van der Waals surface area (Å²) in [6.07, 6.45) is 4.49. The summed E-state index contributed by atoms with van der Waals surface area (Å²) >= 11 is 0. The molecule has 0 radical (unpaired) electrons. The standard InChI is InChI=1S/C13H22N2O4/c1-2-10(13(18)19)15-11(16)7-8-14-12(17)9-5-3-4-6-9/h9-10H,2-8H2,1H3,(H,14,17)(H,15,16)(H,18,19). The second kappa shape index (κ2) is 7.76. The highest BCUT2D eigenvalue weighted by Gasteiger charge is 2.22. The fourth-order valence-electron chi connectivity index (χ4n) is 2.24. The highest BCUT2D eigenvalue weighted by molar-refractivity contribution is 5.84. The van der Waals surface area contributed by atoms with E-state index in [9.17, 15) is 14.4 Å². The predicted molar refractivity (Wildman–Crippen MR) is 69.4 cm³/mol. The van der Waals surface area contributed by atoms with Crippen molar-refractivity contribution >= 4 is 17.8 Å². The Bertz CT molecular complexity index is 338. The highest BCUT2D eigenvalue weighted by atomic mass is 16.4. The van der Waals surface area contributed by atoms with Crippen LogP contribution >= 0.6 is 0 Å². The summed E-state index contributed by atoms with van der Waals surface area (Å²) in [5, 5.41) is 13.9. The smallest absolute Gasteiger partial charge is 0.326 e. The summed E-state index contributed by atoms with van der Waals surface area (Å²) in [6, 6.07) is -0.849. The number of amides is 2. The first-order valence-corrected chi connectivity index (χ1v) is 6.84. The molecule has 6 nitrogen and oxygen atoms in total. The molecule has 1 unspecified atom stereocenters. The van der Waals surface area contributed by atoms with Crippen molar-refractivity contribution < 1.29 is 19.5 Å². The molecule has 0 aromatic rings. The van der Waals surface area contributed by atoms with Crippen LogP contribution < -0.4 is 10.6 Å². The average molecular weight is 270 g/mol. The Morgan fingerprint density at radius 1 is 1.26 bits per heavy atom. The van der Waals surface area contributed by atoms with Gasteiger partial charge >= 0.3 is 5.97 Å². The minimum atomic E-state index is -1.04. The van der Waals surface area contributed by atoms with Gasteiger partial charge in [-0.25, -0.2) is 4.79 Å². The second-order valence-electron chi connectivity index (χ2n) is 4.89. The maximum absolute atomic E-state index is 11.7. The fourth-order valence-corrected chi connectivity index (χ4v) is 2.24. The van der Waals surface area contributed by atoms with Gasteiger partial charge in [-0.15, -0.1) is 0 Å². The van der Waals surface area contributed by atoms with Crippen molar-refractivity contribution in [2.75, 3.05) is 6.54 Å². The Morgan fingerprint density at radius 3 is 2.42 bits per heavy atom. The topological polar surface area (TPSA) is 95.5 Å². The third-order valence-electron chi connectivity index (χ3n) is 3.42. The number of carboxylic acids is 1. The van der Waals surface area contributed by atoms with E-state index in [0.717, 1.165) is 25.7 Å². The molecular formula is C13H22N2O4. The van der Waals surface area contributed by atoms with Crippen LogP contribution in [0.15, 0.2) is 0 Å². The van der Waals surface area contributed by atoms with Gasteiger partial charge in [0.2, 0.25) is 11.8 Å². The van der Waals surface area contributed by atoms with E-state index >= 15 is 0 Å². The third kappa shape index (κ3) is 5.28. The van der Waals surface area contributed by atoms with Gasteiger partial charge in [-0.2, -0.15) is 0 Å². The number of hydrogen-bond donors (Lipinski definition) is 3. The largest absolute Gasteiger partial charge is 0.480 e. The van der Waals surface area contributed by atoms with Crippen LogP contribution in [-0.2, 0) is 14.4 Å². The predicted octanol–water partition coefficient (Wildman–Crippen LogP) is 0.662. The highest BCUT2D eigenvalue weighted by Crippen LogP contribution is 2.24. The van der Waals surface area contributed by atoms with Crippen LogP contribution in [0.5, 0.6) is 0 Å². The summed E-state index contributed by atoms with van der Waals surface area (Å²) < 4.78 is 0. The van der Waals surface area contributed by atoms with E-state index in [1.807, 2.05) is 0 Å². The van der Waals surface area contributed by atoms with E-state index in [1.165, 1.54) is 0 Å². The van der Waals surface area contributed by atoms with Crippen molar-refractivity contribution in [3.63, 3.8) is 0 Å². The van der Waals surface area contributed by atoms with Crippen molar-refractivity contribution in [2.24, 2.45) is 5.92 Å². The minimum absolute atomic E-state index is 0.00979. The molecule has 19 heavy (non-hydrogen) atoms. The Labute approximate surface area is 112 Å². The monoisotopic (exact) mass is 270 g/mol. The molecule has 0 saturated heterocycles. The number of carboxylic acid groups (broad SMARTS) is 1. The fraction of sp³-hybridized carbons (Fsp3) is 0.769. The molecule has 0 bridgehead atoms. The Balaban J connectivity index is 2.19. The van der Waals surface area contributed by atoms with Gasteiger partial charge in [0.25, 0.3) is 0 Å². The van der Waals surface area contributed by atoms with Crippen LogP contribution in [0.3, 0.4) is 0 Å². The van der Waals surface area contributed by atoms with E-state index in [2.05, 4.69) is 10.6 Å². The lowest BCUT2D eigenvalue weighted by atomic mass is 10.1. The van der Waals surface area contributed by atoms with Gasteiger partial charge in [0.05, 0.1) is 0 Å². The number of carbonyl (C=O) groups excluding carboxylic acids is 2. The van der Waals surface area contributed by atoms with E-state index in [-0.39, 0.29) is 30.7 Å². The van der Waals surface area contributed by atoms with Gasteiger partial charge in [0, 0.05) is 18.9 Å². The van der Waals surface area contributed by atoms with Gasteiger partial charge in [-0.3, -0.25) is 9.59 Å². The molecule has 0 aromatic heterocycles. The Hall–Kier alpha value is -1.59. The lowest BCUT2D eigenvalue weighted by Gasteiger charge is -2.13. The Kier molecular flexibility index (Phi) is 6.32.